The van der Waals surface area contributed by atoms with Gasteiger partial charge in [-0.3, -0.25) is 0 Å². The molecule has 17 heavy (non-hydrogen) atoms. The number of rotatable bonds is 7. The molecule has 0 heterocycles. The fourth-order valence-corrected chi connectivity index (χ4v) is 1.50. The zero-order valence-electron chi connectivity index (χ0n) is 9.82. The number of nitrogens with one attached hydrogen (secondary N) is 1. The first-order chi connectivity index (χ1) is 8.15. The minimum Gasteiger partial charge on any atom is -0.508 e. The molecule has 5 heteroatoms. The van der Waals surface area contributed by atoms with Gasteiger partial charge >= 0.3 is 0 Å². The summed E-state index contributed by atoms with van der Waals surface area (Å²) in [5.41, 5.74) is 0.521. The van der Waals surface area contributed by atoms with Gasteiger partial charge in [-0.2, -0.15) is 0 Å². The number of halogens is 1. The average Bonchev–Trinajstić information content (AvgIpc) is 2.32. The Morgan fingerprint density at radius 1 is 1.41 bits per heavy atom. The largest absolute Gasteiger partial charge is 0.508 e. The van der Waals surface area contributed by atoms with E-state index in [9.17, 15) is 9.50 Å². The summed E-state index contributed by atoms with van der Waals surface area (Å²) in [7, 11) is 0. The van der Waals surface area contributed by atoms with Crippen LogP contribution in [0.3, 0.4) is 0 Å². The standard InChI is InChI=1S/C12H18FNO3/c1-9(14-4-6-17-7-5-15)11-8-10(13)2-3-12(11)16/h2-3,8-9,14-16H,4-7H2,1H3. The molecule has 4 nitrogen and oxygen atoms in total. The highest BCUT2D eigenvalue weighted by atomic mass is 19.1. The van der Waals surface area contributed by atoms with Crippen LogP contribution in [0.5, 0.6) is 5.75 Å². The molecule has 0 amide bonds. The molecule has 1 rings (SSSR count). The number of aliphatic hydroxyl groups is 1. The number of ether oxygens (including phenoxy) is 1. The summed E-state index contributed by atoms with van der Waals surface area (Å²) in [5, 5.41) is 21.2. The first kappa shape index (κ1) is 13.9. The third kappa shape index (κ3) is 4.68. The predicted octanol–water partition coefficient (Wildman–Crippen LogP) is 1.19. The maximum absolute atomic E-state index is 13.0. The Morgan fingerprint density at radius 2 is 2.18 bits per heavy atom. The smallest absolute Gasteiger partial charge is 0.123 e. The molecular weight excluding hydrogens is 225 g/mol. The summed E-state index contributed by atoms with van der Waals surface area (Å²) < 4.78 is 18.1. The van der Waals surface area contributed by atoms with Crippen LogP contribution >= 0.6 is 0 Å². The number of phenolic OH excluding ortho intramolecular Hbond substituents is 1. The molecular formula is C12H18FNO3. The van der Waals surface area contributed by atoms with Crippen LogP contribution in [0.1, 0.15) is 18.5 Å². The Labute approximate surface area is 100 Å². The highest BCUT2D eigenvalue weighted by Crippen LogP contribution is 2.24. The van der Waals surface area contributed by atoms with Crippen LogP contribution in [-0.2, 0) is 4.74 Å². The van der Waals surface area contributed by atoms with Gasteiger partial charge in [0.25, 0.3) is 0 Å². The van der Waals surface area contributed by atoms with E-state index in [0.29, 0.717) is 25.3 Å². The van der Waals surface area contributed by atoms with Crippen LogP contribution in [0.15, 0.2) is 18.2 Å². The van der Waals surface area contributed by atoms with Crippen LogP contribution in [0.2, 0.25) is 0 Å². The topological polar surface area (TPSA) is 61.7 Å². The molecule has 0 aliphatic carbocycles. The Morgan fingerprint density at radius 3 is 2.88 bits per heavy atom. The minimum atomic E-state index is -0.372. The minimum absolute atomic E-state index is 0.000236. The number of aliphatic hydroxyl groups excluding tert-OH is 1. The quantitative estimate of drug-likeness (QED) is 0.630. The van der Waals surface area contributed by atoms with Crippen molar-refractivity contribution in [3.05, 3.63) is 29.6 Å². The normalized spacial score (nSPS) is 12.6. The monoisotopic (exact) mass is 243 g/mol. The Bertz CT molecular complexity index is 347. The maximum Gasteiger partial charge on any atom is 0.123 e. The van der Waals surface area contributed by atoms with Crippen LogP contribution in [0.25, 0.3) is 0 Å². The van der Waals surface area contributed by atoms with Crippen LogP contribution < -0.4 is 5.32 Å². The van der Waals surface area contributed by atoms with Crippen molar-refractivity contribution in [1.29, 1.82) is 0 Å². The number of aromatic hydroxyl groups is 1. The number of hydrogen-bond donors (Lipinski definition) is 3. The lowest BCUT2D eigenvalue weighted by molar-refractivity contribution is 0.0928. The lowest BCUT2D eigenvalue weighted by atomic mass is 10.1. The number of hydrogen-bond acceptors (Lipinski definition) is 4. The van der Waals surface area contributed by atoms with Gasteiger partial charge in [0.05, 0.1) is 19.8 Å². The van der Waals surface area contributed by atoms with Crippen LogP contribution in [0, 0.1) is 5.82 Å². The average molecular weight is 243 g/mol. The Hall–Kier alpha value is -1.17. The van der Waals surface area contributed by atoms with E-state index in [1.165, 1.54) is 18.2 Å². The van der Waals surface area contributed by atoms with Crippen molar-refractivity contribution >= 4 is 0 Å². The second kappa shape index (κ2) is 7.21. The summed E-state index contributed by atoms with van der Waals surface area (Å²) in [6, 6.07) is 3.70. The van der Waals surface area contributed by atoms with Crippen molar-refractivity contribution in [3.8, 4) is 5.75 Å². The van der Waals surface area contributed by atoms with Crippen molar-refractivity contribution in [3.63, 3.8) is 0 Å². The summed E-state index contributed by atoms with van der Waals surface area (Å²) in [6.07, 6.45) is 0. The van der Waals surface area contributed by atoms with E-state index in [0.717, 1.165) is 0 Å². The van der Waals surface area contributed by atoms with Gasteiger partial charge in [0, 0.05) is 18.2 Å². The second-order valence-electron chi connectivity index (χ2n) is 3.71. The molecule has 96 valence electrons. The SMILES string of the molecule is CC(NCCOCCO)c1cc(F)ccc1O. The van der Waals surface area contributed by atoms with Gasteiger partial charge in [0.2, 0.25) is 0 Å². The summed E-state index contributed by atoms with van der Waals surface area (Å²) >= 11 is 0. The highest BCUT2D eigenvalue weighted by molar-refractivity contribution is 5.34. The van der Waals surface area contributed by atoms with E-state index in [2.05, 4.69) is 5.32 Å². The second-order valence-corrected chi connectivity index (χ2v) is 3.71. The molecule has 0 radical (unpaired) electrons. The lowest BCUT2D eigenvalue weighted by Gasteiger charge is -2.15. The van der Waals surface area contributed by atoms with Crippen molar-refractivity contribution in [2.24, 2.45) is 0 Å². The summed E-state index contributed by atoms with van der Waals surface area (Å²) in [6.45, 7) is 3.17. The summed E-state index contributed by atoms with van der Waals surface area (Å²) in [4.78, 5) is 0. The first-order valence-corrected chi connectivity index (χ1v) is 5.55. The maximum atomic E-state index is 13.0. The predicted molar refractivity (Wildman–Crippen MR) is 62.4 cm³/mol. The van der Waals surface area contributed by atoms with E-state index in [-0.39, 0.29) is 24.2 Å². The van der Waals surface area contributed by atoms with E-state index in [1.54, 1.807) is 0 Å². The molecule has 1 atom stereocenters. The Kier molecular flexibility index (Phi) is 5.90. The molecule has 1 unspecified atom stereocenters. The van der Waals surface area contributed by atoms with Crippen LogP contribution in [-0.4, -0.2) is 36.6 Å². The van der Waals surface area contributed by atoms with E-state index < -0.39 is 0 Å². The van der Waals surface area contributed by atoms with Gasteiger partial charge < -0.3 is 20.3 Å². The third-order valence-corrected chi connectivity index (χ3v) is 2.39. The van der Waals surface area contributed by atoms with Gasteiger partial charge in [-0.15, -0.1) is 0 Å². The third-order valence-electron chi connectivity index (χ3n) is 2.39. The lowest BCUT2D eigenvalue weighted by Crippen LogP contribution is -2.24. The molecule has 0 saturated heterocycles. The molecule has 1 aromatic rings. The van der Waals surface area contributed by atoms with Gasteiger partial charge in [0.15, 0.2) is 0 Å². The van der Waals surface area contributed by atoms with Gasteiger partial charge in [-0.1, -0.05) is 0 Å². The summed E-state index contributed by atoms with van der Waals surface area (Å²) in [5.74, 6) is -0.300. The first-order valence-electron chi connectivity index (χ1n) is 5.55. The zero-order valence-corrected chi connectivity index (χ0v) is 9.82. The molecule has 0 aromatic heterocycles. The molecule has 0 aliphatic heterocycles. The molecule has 0 fully saturated rings. The van der Waals surface area contributed by atoms with Gasteiger partial charge in [-0.05, 0) is 25.1 Å². The van der Waals surface area contributed by atoms with Crippen molar-refractivity contribution in [2.75, 3.05) is 26.4 Å². The van der Waals surface area contributed by atoms with Gasteiger partial charge in [0.1, 0.15) is 11.6 Å². The highest BCUT2D eigenvalue weighted by Gasteiger charge is 2.10. The molecule has 0 spiro atoms. The molecule has 0 aliphatic rings. The number of phenols is 1. The number of benzene rings is 1. The van der Waals surface area contributed by atoms with Gasteiger partial charge in [-0.25, -0.2) is 4.39 Å². The fraction of sp³-hybridized carbons (Fsp3) is 0.500. The van der Waals surface area contributed by atoms with E-state index in [1.807, 2.05) is 6.92 Å². The molecule has 0 bridgehead atoms. The molecule has 1 aromatic carbocycles. The Balaban J connectivity index is 2.41. The van der Waals surface area contributed by atoms with Crippen LogP contribution in [0.4, 0.5) is 4.39 Å². The van der Waals surface area contributed by atoms with Crippen molar-refractivity contribution in [1.82, 2.24) is 5.32 Å². The zero-order chi connectivity index (χ0) is 12.7. The van der Waals surface area contributed by atoms with Crippen molar-refractivity contribution < 1.29 is 19.3 Å². The molecule has 3 N–H and O–H groups in total. The van der Waals surface area contributed by atoms with E-state index in [4.69, 9.17) is 9.84 Å². The molecule has 0 saturated carbocycles. The van der Waals surface area contributed by atoms with Crippen molar-refractivity contribution in [2.45, 2.75) is 13.0 Å². The van der Waals surface area contributed by atoms with E-state index >= 15 is 0 Å². The fourth-order valence-electron chi connectivity index (χ4n) is 1.50.